The molecule has 2 aliphatic heterocycles. The van der Waals surface area contributed by atoms with Gasteiger partial charge in [-0.05, 0) is 98.9 Å². The first-order chi connectivity index (χ1) is 20.5. The monoisotopic (exact) mass is 608 g/mol. The number of morpholine rings is 1. The molecule has 6 aliphatic rings. The molecule has 7 nitrogen and oxygen atoms in total. The topological polar surface area (TPSA) is 64.4 Å². The van der Waals surface area contributed by atoms with E-state index in [1.54, 1.807) is 14.2 Å². The molecule has 2 saturated heterocycles. The summed E-state index contributed by atoms with van der Waals surface area (Å²) in [4.78, 5) is 19.1. The summed E-state index contributed by atoms with van der Waals surface area (Å²) in [6.45, 7) is 4.54. The fourth-order valence-corrected chi connectivity index (χ4v) is 9.70. The van der Waals surface area contributed by atoms with E-state index >= 15 is 0 Å². The van der Waals surface area contributed by atoms with Gasteiger partial charge in [-0.2, -0.15) is 0 Å². The fraction of sp³-hybridized carbons (Fsp3) is 0.576. The Hall–Kier alpha value is -2.33. The van der Waals surface area contributed by atoms with Crippen LogP contribution in [0.5, 0.6) is 11.5 Å². The van der Waals surface area contributed by atoms with Crippen molar-refractivity contribution in [1.29, 1.82) is 0 Å². The Kier molecular flexibility index (Phi) is 8.11. The van der Waals surface area contributed by atoms with E-state index in [1.807, 2.05) is 29.2 Å². The Morgan fingerprint density at radius 3 is 2.45 bits per heavy atom. The average molecular weight is 609 g/mol. The van der Waals surface area contributed by atoms with Crippen LogP contribution in [-0.4, -0.2) is 73.1 Å². The molecule has 1 aromatic heterocycles. The van der Waals surface area contributed by atoms with Crippen LogP contribution in [-0.2, 0) is 16.0 Å². The number of furan rings is 1. The molecule has 224 valence electrons. The number of rotatable bonds is 9. The van der Waals surface area contributed by atoms with Gasteiger partial charge in [0, 0.05) is 31.3 Å². The van der Waals surface area contributed by atoms with Crippen molar-refractivity contribution < 1.29 is 23.4 Å². The molecule has 9 heteroatoms. The molecule has 42 heavy (non-hydrogen) atoms. The Morgan fingerprint density at radius 2 is 1.76 bits per heavy atom. The van der Waals surface area contributed by atoms with Crippen LogP contribution in [0.1, 0.15) is 49.8 Å². The molecule has 0 atom stereocenters. The molecule has 1 amide bonds. The maximum Gasteiger partial charge on any atom is 0.266 e. The van der Waals surface area contributed by atoms with Gasteiger partial charge in [-0.3, -0.25) is 14.6 Å². The van der Waals surface area contributed by atoms with Crippen molar-refractivity contribution in [2.75, 3.05) is 47.1 Å². The number of thioether (sulfide) groups is 1. The van der Waals surface area contributed by atoms with Crippen molar-refractivity contribution in [2.45, 2.75) is 51.0 Å². The number of carbonyl (C=O) groups excluding carboxylic acids is 1. The van der Waals surface area contributed by atoms with Crippen molar-refractivity contribution in [2.24, 2.45) is 23.7 Å². The Labute approximate surface area is 257 Å². The van der Waals surface area contributed by atoms with Crippen molar-refractivity contribution in [3.8, 4) is 22.8 Å². The predicted octanol–water partition coefficient (Wildman–Crippen LogP) is 6.25. The second-order valence-electron chi connectivity index (χ2n) is 12.6. The minimum atomic E-state index is 0.0571. The standard InChI is InChI=1S/C33H40N2O5S2/c1-37-25-5-6-26(28(18-25)38-2)29-17-22(4-3-7-34-8-10-39-11-9-34)27(40-29)19-30-32(36)35(33(41)42-30)31-23-13-20-12-21(15-23)16-24(31)14-20/h5-6,17-21,23-24,31H,3-4,7-16H2,1-2H3/b30-19-. The molecule has 2 aromatic rings. The van der Waals surface area contributed by atoms with Gasteiger partial charge in [-0.25, -0.2) is 0 Å². The molecule has 1 aromatic carbocycles. The lowest BCUT2D eigenvalue weighted by atomic mass is 9.54. The maximum absolute atomic E-state index is 14.0. The quantitative estimate of drug-likeness (QED) is 0.244. The zero-order valence-electron chi connectivity index (χ0n) is 24.5. The van der Waals surface area contributed by atoms with Gasteiger partial charge in [-0.1, -0.05) is 24.0 Å². The number of benzene rings is 1. The van der Waals surface area contributed by atoms with Gasteiger partial charge in [0.05, 0.1) is 37.9 Å². The Bertz CT molecular complexity index is 1350. The van der Waals surface area contributed by atoms with Crippen LogP contribution in [0.4, 0.5) is 0 Å². The summed E-state index contributed by atoms with van der Waals surface area (Å²) in [7, 11) is 3.30. The summed E-state index contributed by atoms with van der Waals surface area (Å²) in [6, 6.07) is 8.11. The van der Waals surface area contributed by atoms with Crippen LogP contribution in [0.2, 0.25) is 0 Å². The molecule has 0 radical (unpaired) electrons. The third-order valence-corrected chi connectivity index (χ3v) is 11.4. The minimum Gasteiger partial charge on any atom is -0.497 e. The number of nitrogens with zero attached hydrogens (tertiary/aromatic N) is 2. The zero-order chi connectivity index (χ0) is 28.8. The number of hydrogen-bond donors (Lipinski definition) is 0. The molecule has 3 heterocycles. The molecule has 0 N–H and O–H groups in total. The summed E-state index contributed by atoms with van der Waals surface area (Å²) in [5.74, 6) is 5.82. The van der Waals surface area contributed by atoms with Gasteiger partial charge in [0.25, 0.3) is 5.91 Å². The SMILES string of the molecule is COc1ccc(-c2cc(CCCN3CCOCC3)c(/C=C3\SC(=S)N(C4C5CC6CC(C5)CC4C6)C3=O)o2)c(OC)c1. The average Bonchev–Trinajstić information content (AvgIpc) is 3.52. The van der Waals surface area contributed by atoms with E-state index in [1.165, 1.54) is 43.9 Å². The number of hydrogen-bond acceptors (Lipinski definition) is 8. The van der Waals surface area contributed by atoms with Crippen molar-refractivity contribution in [1.82, 2.24) is 9.80 Å². The summed E-state index contributed by atoms with van der Waals surface area (Å²) in [5, 5.41) is 0. The van der Waals surface area contributed by atoms with Gasteiger partial charge >= 0.3 is 0 Å². The zero-order valence-corrected chi connectivity index (χ0v) is 26.1. The first-order valence-corrected chi connectivity index (χ1v) is 16.7. The van der Waals surface area contributed by atoms with Gasteiger partial charge in [-0.15, -0.1) is 0 Å². The molecular weight excluding hydrogens is 569 g/mol. The smallest absolute Gasteiger partial charge is 0.266 e. The number of methoxy groups -OCH3 is 2. The van der Waals surface area contributed by atoms with E-state index in [4.69, 9.17) is 30.8 Å². The minimum absolute atomic E-state index is 0.0571. The number of thiocarbonyl (C=S) groups is 1. The molecule has 4 bridgehead atoms. The van der Waals surface area contributed by atoms with Gasteiger partial charge in [0.1, 0.15) is 27.3 Å². The first kappa shape index (κ1) is 28.4. The van der Waals surface area contributed by atoms with Gasteiger partial charge in [0.15, 0.2) is 0 Å². The van der Waals surface area contributed by atoms with Crippen LogP contribution in [0.25, 0.3) is 17.4 Å². The van der Waals surface area contributed by atoms with E-state index in [9.17, 15) is 4.79 Å². The first-order valence-electron chi connectivity index (χ1n) is 15.4. The highest BCUT2D eigenvalue weighted by Gasteiger charge is 2.53. The second-order valence-corrected chi connectivity index (χ2v) is 14.3. The second kappa shape index (κ2) is 12.0. The fourth-order valence-electron chi connectivity index (χ4n) is 8.39. The van der Waals surface area contributed by atoms with E-state index in [2.05, 4.69) is 11.0 Å². The van der Waals surface area contributed by atoms with Crippen LogP contribution in [0.15, 0.2) is 33.6 Å². The van der Waals surface area contributed by atoms with Gasteiger partial charge in [0.2, 0.25) is 0 Å². The number of ether oxygens (including phenoxy) is 3. The van der Waals surface area contributed by atoms with Crippen LogP contribution >= 0.6 is 24.0 Å². The molecule has 4 saturated carbocycles. The van der Waals surface area contributed by atoms with Crippen molar-refractivity contribution in [3.63, 3.8) is 0 Å². The van der Waals surface area contributed by atoms with E-state index in [-0.39, 0.29) is 11.9 Å². The summed E-state index contributed by atoms with van der Waals surface area (Å²) in [6.07, 6.45) is 10.2. The Morgan fingerprint density at radius 1 is 1.02 bits per heavy atom. The molecule has 0 unspecified atom stereocenters. The Balaban J connectivity index is 1.17. The molecule has 0 spiro atoms. The van der Waals surface area contributed by atoms with Crippen LogP contribution in [0.3, 0.4) is 0 Å². The molecule has 4 aliphatic carbocycles. The lowest BCUT2D eigenvalue weighted by Gasteiger charge is -2.56. The third-order valence-electron chi connectivity index (χ3n) is 10.1. The number of amides is 1. The number of aryl methyl sites for hydroxylation is 1. The highest BCUT2D eigenvalue weighted by atomic mass is 32.2. The summed E-state index contributed by atoms with van der Waals surface area (Å²) >= 11 is 7.32. The number of carbonyl (C=O) groups is 1. The van der Waals surface area contributed by atoms with E-state index < -0.39 is 0 Å². The lowest BCUT2D eigenvalue weighted by molar-refractivity contribution is -0.130. The predicted molar refractivity (Wildman–Crippen MR) is 169 cm³/mol. The molecular formula is C33H40N2O5S2. The highest BCUT2D eigenvalue weighted by molar-refractivity contribution is 8.26. The van der Waals surface area contributed by atoms with E-state index in [0.717, 1.165) is 85.9 Å². The maximum atomic E-state index is 14.0. The normalized spacial score (nSPS) is 30.1. The van der Waals surface area contributed by atoms with Crippen molar-refractivity contribution in [3.05, 3.63) is 40.5 Å². The lowest BCUT2D eigenvalue weighted by Crippen LogP contribution is -2.57. The van der Waals surface area contributed by atoms with Crippen molar-refractivity contribution >= 4 is 40.3 Å². The summed E-state index contributed by atoms with van der Waals surface area (Å²) < 4.78 is 23.8. The molecule has 6 fully saturated rings. The van der Waals surface area contributed by atoms with Crippen LogP contribution < -0.4 is 9.47 Å². The molecule has 8 rings (SSSR count). The van der Waals surface area contributed by atoms with Crippen LogP contribution in [0, 0.1) is 23.7 Å². The summed E-state index contributed by atoms with van der Waals surface area (Å²) in [5.41, 5.74) is 1.95. The largest absolute Gasteiger partial charge is 0.497 e. The van der Waals surface area contributed by atoms with Gasteiger partial charge < -0.3 is 18.6 Å². The van der Waals surface area contributed by atoms with E-state index in [0.29, 0.717) is 26.8 Å². The highest BCUT2D eigenvalue weighted by Crippen LogP contribution is 2.56. The third kappa shape index (κ3) is 5.42.